The predicted octanol–water partition coefficient (Wildman–Crippen LogP) is 3.24. The number of halogens is 2. The van der Waals surface area contributed by atoms with Gasteiger partial charge in [-0.05, 0) is 40.9 Å². The first-order valence-corrected chi connectivity index (χ1v) is 8.07. The molecule has 0 spiro atoms. The fourth-order valence-corrected chi connectivity index (χ4v) is 4.99. The molecule has 1 fully saturated rings. The Hall–Kier alpha value is 0.420. The van der Waals surface area contributed by atoms with Gasteiger partial charge in [-0.2, -0.15) is 0 Å². The Labute approximate surface area is 99.8 Å². The summed E-state index contributed by atoms with van der Waals surface area (Å²) in [7, 11) is 1.93. The van der Waals surface area contributed by atoms with Gasteiger partial charge >= 0.3 is 0 Å². The lowest BCUT2D eigenvalue weighted by Crippen LogP contribution is -1.99. The number of hydrogen-bond acceptors (Lipinski definition) is 3. The zero-order valence-corrected chi connectivity index (χ0v) is 11.3. The Bertz CT molecular complexity index is 466. The van der Waals surface area contributed by atoms with Crippen LogP contribution in [0.2, 0.25) is 0 Å². The van der Waals surface area contributed by atoms with Crippen molar-refractivity contribution >= 4 is 47.0 Å². The van der Waals surface area contributed by atoms with Crippen LogP contribution in [0, 0.1) is 6.92 Å². The average Bonchev–Trinajstić information content (AvgIpc) is 2.72. The van der Waals surface area contributed by atoms with E-state index in [0.717, 1.165) is 9.35 Å². The molecule has 0 N–H and O–H groups in total. The van der Waals surface area contributed by atoms with Crippen molar-refractivity contribution in [2.45, 2.75) is 24.5 Å². The molecule has 2 unspecified atom stereocenters. The molecule has 0 bridgehead atoms. The summed E-state index contributed by atoms with van der Waals surface area (Å²) in [4.78, 5) is 1.17. The Kier molecular flexibility index (Phi) is 2.71. The molecule has 1 aromatic rings. The SMILES string of the molecule is Cc1sc(Br)cc1C1CC1S(=O)(=O)Cl. The second-order valence-electron chi connectivity index (χ2n) is 3.42. The molecule has 1 heterocycles. The van der Waals surface area contributed by atoms with Gasteiger partial charge in [0, 0.05) is 21.5 Å². The largest absolute Gasteiger partial charge is 0.236 e. The second-order valence-corrected chi connectivity index (χ2v) is 8.90. The first kappa shape index (κ1) is 10.9. The van der Waals surface area contributed by atoms with E-state index in [0.29, 0.717) is 6.42 Å². The Morgan fingerprint density at radius 3 is 2.64 bits per heavy atom. The maximum atomic E-state index is 11.1. The quantitative estimate of drug-likeness (QED) is 0.785. The molecule has 2 rings (SSSR count). The normalized spacial score (nSPS) is 26.5. The van der Waals surface area contributed by atoms with E-state index in [9.17, 15) is 8.42 Å². The van der Waals surface area contributed by atoms with Crippen LogP contribution in [-0.2, 0) is 9.05 Å². The van der Waals surface area contributed by atoms with Crippen molar-refractivity contribution in [2.24, 2.45) is 0 Å². The van der Waals surface area contributed by atoms with Crippen molar-refractivity contribution in [1.82, 2.24) is 0 Å². The van der Waals surface area contributed by atoms with E-state index in [-0.39, 0.29) is 11.2 Å². The first-order chi connectivity index (χ1) is 6.39. The third-order valence-electron chi connectivity index (χ3n) is 2.42. The highest BCUT2D eigenvalue weighted by atomic mass is 79.9. The summed E-state index contributed by atoms with van der Waals surface area (Å²) in [6.07, 6.45) is 0.663. The number of hydrogen-bond donors (Lipinski definition) is 0. The van der Waals surface area contributed by atoms with Crippen LogP contribution in [0.15, 0.2) is 9.85 Å². The third-order valence-corrected chi connectivity index (χ3v) is 5.92. The molecule has 6 heteroatoms. The maximum absolute atomic E-state index is 11.1. The molecule has 1 aliphatic carbocycles. The van der Waals surface area contributed by atoms with E-state index in [1.54, 1.807) is 11.3 Å². The smallest absolute Gasteiger partial charge is 0.212 e. The van der Waals surface area contributed by atoms with E-state index in [4.69, 9.17) is 10.7 Å². The van der Waals surface area contributed by atoms with E-state index in [1.807, 2.05) is 13.0 Å². The first-order valence-electron chi connectivity index (χ1n) is 4.09. The molecule has 1 aromatic heterocycles. The highest BCUT2D eigenvalue weighted by molar-refractivity contribution is 9.11. The molecule has 78 valence electrons. The molecular formula is C8H8BrClO2S2. The minimum atomic E-state index is -3.37. The van der Waals surface area contributed by atoms with Crippen LogP contribution in [-0.4, -0.2) is 13.7 Å². The van der Waals surface area contributed by atoms with Crippen molar-refractivity contribution in [1.29, 1.82) is 0 Å². The van der Waals surface area contributed by atoms with Gasteiger partial charge in [-0.25, -0.2) is 8.42 Å². The summed E-state index contributed by atoms with van der Waals surface area (Å²) < 4.78 is 23.1. The fourth-order valence-electron chi connectivity index (χ4n) is 1.64. The van der Waals surface area contributed by atoms with Gasteiger partial charge < -0.3 is 0 Å². The molecule has 1 aliphatic rings. The second kappa shape index (κ2) is 3.47. The standard InChI is InChI=1S/C8H8BrClO2S2/c1-4-5(3-8(9)13-4)6-2-7(6)14(10,11)12/h3,6-7H,2H2,1H3. The fraction of sp³-hybridized carbons (Fsp3) is 0.500. The predicted molar refractivity (Wildman–Crippen MR) is 62.7 cm³/mol. The van der Waals surface area contributed by atoms with Crippen molar-refractivity contribution in [2.75, 3.05) is 0 Å². The Morgan fingerprint density at radius 1 is 1.64 bits per heavy atom. The molecule has 0 amide bonds. The van der Waals surface area contributed by atoms with Gasteiger partial charge in [-0.15, -0.1) is 11.3 Å². The van der Waals surface area contributed by atoms with Crippen LogP contribution in [0.3, 0.4) is 0 Å². The molecule has 0 aliphatic heterocycles. The van der Waals surface area contributed by atoms with E-state index in [2.05, 4.69) is 15.9 Å². The molecule has 0 aromatic carbocycles. The molecule has 0 saturated heterocycles. The van der Waals surface area contributed by atoms with Crippen molar-refractivity contribution in [3.8, 4) is 0 Å². The lowest BCUT2D eigenvalue weighted by Gasteiger charge is -1.95. The molecule has 14 heavy (non-hydrogen) atoms. The van der Waals surface area contributed by atoms with Crippen molar-refractivity contribution in [3.63, 3.8) is 0 Å². The van der Waals surface area contributed by atoms with Crippen LogP contribution in [0.25, 0.3) is 0 Å². The zero-order chi connectivity index (χ0) is 10.5. The van der Waals surface area contributed by atoms with Crippen LogP contribution in [0.5, 0.6) is 0 Å². The molecule has 2 atom stereocenters. The maximum Gasteiger partial charge on any atom is 0.236 e. The van der Waals surface area contributed by atoms with Gasteiger partial charge in [0.05, 0.1) is 9.04 Å². The van der Waals surface area contributed by atoms with Gasteiger partial charge in [0.2, 0.25) is 9.05 Å². The summed E-state index contributed by atoms with van der Waals surface area (Å²) >= 11 is 5.01. The Balaban J connectivity index is 2.25. The van der Waals surface area contributed by atoms with Crippen molar-refractivity contribution in [3.05, 3.63) is 20.3 Å². The number of aryl methyl sites for hydroxylation is 1. The monoisotopic (exact) mass is 314 g/mol. The van der Waals surface area contributed by atoms with E-state index >= 15 is 0 Å². The van der Waals surface area contributed by atoms with Crippen LogP contribution in [0.4, 0.5) is 0 Å². The zero-order valence-electron chi connectivity index (χ0n) is 7.33. The highest BCUT2D eigenvalue weighted by Crippen LogP contribution is 2.50. The van der Waals surface area contributed by atoms with E-state index in [1.165, 1.54) is 4.88 Å². The lowest BCUT2D eigenvalue weighted by molar-refractivity contribution is 0.607. The van der Waals surface area contributed by atoms with Gasteiger partial charge in [0.25, 0.3) is 0 Å². The van der Waals surface area contributed by atoms with Gasteiger partial charge in [0.15, 0.2) is 0 Å². The van der Waals surface area contributed by atoms with Gasteiger partial charge in [-0.1, -0.05) is 0 Å². The van der Waals surface area contributed by atoms with Crippen LogP contribution < -0.4 is 0 Å². The molecule has 2 nitrogen and oxygen atoms in total. The van der Waals surface area contributed by atoms with Gasteiger partial charge in [0.1, 0.15) is 0 Å². The summed E-state index contributed by atoms with van der Waals surface area (Å²) in [6, 6.07) is 1.99. The summed E-state index contributed by atoms with van der Waals surface area (Å²) in [5, 5.41) is -0.371. The number of rotatable bonds is 2. The molecule has 0 radical (unpaired) electrons. The Morgan fingerprint density at radius 2 is 2.29 bits per heavy atom. The minimum absolute atomic E-state index is 0.111. The van der Waals surface area contributed by atoms with Crippen LogP contribution >= 0.6 is 37.9 Å². The topological polar surface area (TPSA) is 34.1 Å². The van der Waals surface area contributed by atoms with E-state index < -0.39 is 9.05 Å². The molecular weight excluding hydrogens is 308 g/mol. The van der Waals surface area contributed by atoms with Crippen molar-refractivity contribution < 1.29 is 8.42 Å². The van der Waals surface area contributed by atoms with Crippen LogP contribution in [0.1, 0.15) is 22.8 Å². The average molecular weight is 316 g/mol. The molecule has 1 saturated carbocycles. The third kappa shape index (κ3) is 2.01. The lowest BCUT2D eigenvalue weighted by atomic mass is 10.2. The minimum Gasteiger partial charge on any atom is -0.212 e. The summed E-state index contributed by atoms with van der Waals surface area (Å²) in [5.74, 6) is 0.111. The number of thiophene rings is 1. The van der Waals surface area contributed by atoms with Gasteiger partial charge in [-0.3, -0.25) is 0 Å². The summed E-state index contributed by atoms with van der Waals surface area (Å²) in [6.45, 7) is 2.00. The summed E-state index contributed by atoms with van der Waals surface area (Å²) in [5.41, 5.74) is 1.12. The highest BCUT2D eigenvalue weighted by Gasteiger charge is 2.48.